The first kappa shape index (κ1) is 14.4. The first-order valence-corrected chi connectivity index (χ1v) is 6.10. The fraction of sp³-hybridized carbons (Fsp3) is 0.143. The number of carbonyl (C=O) groups is 1. The van der Waals surface area contributed by atoms with Gasteiger partial charge in [0.25, 0.3) is 5.69 Å². The van der Waals surface area contributed by atoms with E-state index in [2.05, 4.69) is 10.3 Å². The number of hydrogen-bond donors (Lipinski definition) is 2. The van der Waals surface area contributed by atoms with E-state index in [9.17, 15) is 14.9 Å². The van der Waals surface area contributed by atoms with Crippen LogP contribution < -0.4 is 5.32 Å². The third kappa shape index (κ3) is 3.14. The Labute approximate surface area is 120 Å². The van der Waals surface area contributed by atoms with Crippen molar-refractivity contribution < 1.29 is 14.8 Å². The van der Waals surface area contributed by atoms with Crippen molar-refractivity contribution in [1.29, 1.82) is 0 Å². The summed E-state index contributed by atoms with van der Waals surface area (Å²) >= 11 is 0. The summed E-state index contributed by atoms with van der Waals surface area (Å²) in [6.07, 6.45) is 1.03. The molecule has 0 saturated heterocycles. The van der Waals surface area contributed by atoms with E-state index < -0.39 is 10.9 Å². The van der Waals surface area contributed by atoms with E-state index in [4.69, 9.17) is 5.11 Å². The molecule has 0 aliphatic heterocycles. The van der Waals surface area contributed by atoms with Gasteiger partial charge in [0.15, 0.2) is 0 Å². The number of hydrogen-bond acceptors (Lipinski definition) is 5. The minimum atomic E-state index is -1.28. The highest BCUT2D eigenvalue weighted by Gasteiger charge is 2.18. The Morgan fingerprint density at radius 3 is 2.62 bits per heavy atom. The molecular weight excluding hydrogens is 274 g/mol. The van der Waals surface area contributed by atoms with E-state index in [0.29, 0.717) is 5.69 Å². The molecule has 1 aromatic carbocycles. The van der Waals surface area contributed by atoms with Gasteiger partial charge in [-0.15, -0.1) is 0 Å². The van der Waals surface area contributed by atoms with E-state index in [1.807, 2.05) is 26.0 Å². The van der Waals surface area contributed by atoms with Crippen LogP contribution >= 0.6 is 0 Å². The van der Waals surface area contributed by atoms with Crippen LogP contribution in [0.1, 0.15) is 21.5 Å². The van der Waals surface area contributed by atoms with Gasteiger partial charge in [-0.05, 0) is 25.5 Å². The highest BCUT2D eigenvalue weighted by atomic mass is 16.6. The van der Waals surface area contributed by atoms with Gasteiger partial charge in [-0.3, -0.25) is 10.1 Å². The van der Waals surface area contributed by atoms with Crippen LogP contribution in [0, 0.1) is 24.0 Å². The highest BCUT2D eigenvalue weighted by Crippen LogP contribution is 2.25. The summed E-state index contributed by atoms with van der Waals surface area (Å²) in [7, 11) is 0. The Bertz CT molecular complexity index is 728. The van der Waals surface area contributed by atoms with Crippen molar-refractivity contribution in [3.05, 3.63) is 57.3 Å². The second-order valence-electron chi connectivity index (χ2n) is 4.60. The van der Waals surface area contributed by atoms with Gasteiger partial charge in [-0.25, -0.2) is 9.78 Å². The lowest BCUT2D eigenvalue weighted by Gasteiger charge is -2.11. The second-order valence-corrected chi connectivity index (χ2v) is 4.60. The molecule has 2 N–H and O–H groups in total. The summed E-state index contributed by atoms with van der Waals surface area (Å²) in [5, 5.41) is 22.8. The number of benzene rings is 1. The molecule has 0 fully saturated rings. The minimum absolute atomic E-state index is 0.0695. The van der Waals surface area contributed by atoms with Crippen molar-refractivity contribution >= 4 is 23.2 Å². The summed E-state index contributed by atoms with van der Waals surface area (Å²) in [6, 6.07) is 6.61. The summed E-state index contributed by atoms with van der Waals surface area (Å²) in [5.74, 6) is -1.21. The van der Waals surface area contributed by atoms with Crippen molar-refractivity contribution in [3.63, 3.8) is 0 Å². The first-order chi connectivity index (χ1) is 9.88. The number of nitrogens with zero attached hydrogens (tertiary/aromatic N) is 2. The van der Waals surface area contributed by atoms with Crippen LogP contribution in [0.4, 0.5) is 17.2 Å². The summed E-state index contributed by atoms with van der Waals surface area (Å²) in [5.41, 5.74) is 2.09. The third-order valence-corrected chi connectivity index (χ3v) is 2.95. The topological polar surface area (TPSA) is 105 Å². The van der Waals surface area contributed by atoms with Crippen LogP contribution in [-0.4, -0.2) is 21.0 Å². The fourth-order valence-corrected chi connectivity index (χ4v) is 1.90. The SMILES string of the molecule is Cc1ccc(Nc2ncc([N+](=O)[O-])cc2C(=O)O)c(C)c1. The lowest BCUT2D eigenvalue weighted by Crippen LogP contribution is -2.06. The predicted molar refractivity (Wildman–Crippen MR) is 77.0 cm³/mol. The largest absolute Gasteiger partial charge is 0.478 e. The van der Waals surface area contributed by atoms with Crippen LogP contribution in [0.15, 0.2) is 30.5 Å². The molecule has 0 spiro atoms. The van der Waals surface area contributed by atoms with E-state index >= 15 is 0 Å². The molecule has 1 heterocycles. The lowest BCUT2D eigenvalue weighted by atomic mass is 10.1. The van der Waals surface area contributed by atoms with Crippen molar-refractivity contribution in [1.82, 2.24) is 4.98 Å². The van der Waals surface area contributed by atoms with Gasteiger partial charge < -0.3 is 10.4 Å². The quantitative estimate of drug-likeness (QED) is 0.661. The molecule has 0 unspecified atom stereocenters. The Balaban J connectivity index is 2.44. The molecule has 0 saturated carbocycles. The normalized spacial score (nSPS) is 10.2. The predicted octanol–water partition coefficient (Wildman–Crippen LogP) is 3.05. The zero-order valence-electron chi connectivity index (χ0n) is 11.5. The van der Waals surface area contributed by atoms with E-state index in [1.54, 1.807) is 6.07 Å². The van der Waals surface area contributed by atoms with Crippen LogP contribution in [-0.2, 0) is 0 Å². The molecule has 0 bridgehead atoms. The average Bonchev–Trinajstić information content (AvgIpc) is 2.41. The van der Waals surface area contributed by atoms with Crippen LogP contribution in [0.2, 0.25) is 0 Å². The Hall–Kier alpha value is -2.96. The molecule has 0 aliphatic carbocycles. The van der Waals surface area contributed by atoms with Crippen LogP contribution in [0.5, 0.6) is 0 Å². The number of anilines is 2. The molecule has 0 aliphatic rings. The average molecular weight is 287 g/mol. The number of nitro groups is 1. The minimum Gasteiger partial charge on any atom is -0.478 e. The van der Waals surface area contributed by atoms with Crippen molar-refractivity contribution in [2.45, 2.75) is 13.8 Å². The number of aromatic nitrogens is 1. The van der Waals surface area contributed by atoms with E-state index in [-0.39, 0.29) is 17.1 Å². The molecule has 21 heavy (non-hydrogen) atoms. The lowest BCUT2D eigenvalue weighted by molar-refractivity contribution is -0.385. The molecule has 108 valence electrons. The van der Waals surface area contributed by atoms with Gasteiger partial charge in [0.1, 0.15) is 17.6 Å². The van der Waals surface area contributed by atoms with Crippen molar-refractivity contribution in [3.8, 4) is 0 Å². The van der Waals surface area contributed by atoms with E-state index in [0.717, 1.165) is 23.4 Å². The molecule has 0 amide bonds. The van der Waals surface area contributed by atoms with Gasteiger partial charge in [-0.1, -0.05) is 17.7 Å². The summed E-state index contributed by atoms with van der Waals surface area (Å²) in [4.78, 5) is 25.1. The molecule has 7 heteroatoms. The fourth-order valence-electron chi connectivity index (χ4n) is 1.90. The molecule has 2 aromatic rings. The standard InChI is InChI=1S/C14H13N3O4/c1-8-3-4-12(9(2)5-8)16-13-11(14(18)19)6-10(7-15-13)17(20)21/h3-7H,1-2H3,(H,15,16)(H,18,19). The second kappa shape index (κ2) is 5.58. The molecule has 2 rings (SSSR count). The maximum atomic E-state index is 11.2. The number of rotatable bonds is 4. The maximum Gasteiger partial charge on any atom is 0.339 e. The van der Waals surface area contributed by atoms with Gasteiger partial charge >= 0.3 is 5.97 Å². The molecule has 7 nitrogen and oxygen atoms in total. The van der Waals surface area contributed by atoms with Crippen LogP contribution in [0.3, 0.4) is 0 Å². The van der Waals surface area contributed by atoms with Crippen molar-refractivity contribution in [2.24, 2.45) is 0 Å². The summed E-state index contributed by atoms with van der Waals surface area (Å²) in [6.45, 7) is 3.82. The summed E-state index contributed by atoms with van der Waals surface area (Å²) < 4.78 is 0. The van der Waals surface area contributed by atoms with Gasteiger partial charge in [0.05, 0.1) is 4.92 Å². The number of aromatic carboxylic acids is 1. The number of nitrogens with one attached hydrogen (secondary N) is 1. The van der Waals surface area contributed by atoms with Crippen molar-refractivity contribution in [2.75, 3.05) is 5.32 Å². The zero-order valence-corrected chi connectivity index (χ0v) is 11.5. The van der Waals surface area contributed by atoms with Crippen LogP contribution in [0.25, 0.3) is 0 Å². The number of pyridine rings is 1. The smallest absolute Gasteiger partial charge is 0.339 e. The number of carboxylic acid groups (broad SMARTS) is 1. The first-order valence-electron chi connectivity index (χ1n) is 6.10. The Morgan fingerprint density at radius 1 is 1.33 bits per heavy atom. The monoisotopic (exact) mass is 287 g/mol. The number of carboxylic acids is 1. The van der Waals surface area contributed by atoms with Gasteiger partial charge in [-0.2, -0.15) is 0 Å². The van der Waals surface area contributed by atoms with E-state index in [1.165, 1.54) is 0 Å². The molecule has 1 aromatic heterocycles. The molecule has 0 atom stereocenters. The Morgan fingerprint density at radius 2 is 2.05 bits per heavy atom. The molecular formula is C14H13N3O4. The highest BCUT2D eigenvalue weighted by molar-refractivity contribution is 5.94. The number of aryl methyl sites for hydroxylation is 2. The zero-order chi connectivity index (χ0) is 15.6. The molecule has 0 radical (unpaired) electrons. The Kier molecular flexibility index (Phi) is 3.84. The third-order valence-electron chi connectivity index (χ3n) is 2.95. The maximum absolute atomic E-state index is 11.2. The van der Waals surface area contributed by atoms with Gasteiger partial charge in [0, 0.05) is 11.8 Å². The van der Waals surface area contributed by atoms with Gasteiger partial charge in [0.2, 0.25) is 0 Å².